The van der Waals surface area contributed by atoms with Crippen molar-refractivity contribution in [3.63, 3.8) is 0 Å². The summed E-state index contributed by atoms with van der Waals surface area (Å²) in [5, 5.41) is 5.23. The predicted octanol–water partition coefficient (Wildman–Crippen LogP) is 2.11. The van der Waals surface area contributed by atoms with Crippen LogP contribution in [0.5, 0.6) is 5.75 Å². The van der Waals surface area contributed by atoms with Crippen molar-refractivity contribution in [2.24, 2.45) is 0 Å². The minimum absolute atomic E-state index is 0.00299. The van der Waals surface area contributed by atoms with E-state index in [1.54, 1.807) is 17.0 Å². The average Bonchev–Trinajstić information content (AvgIpc) is 2.69. The van der Waals surface area contributed by atoms with Crippen LogP contribution in [-0.4, -0.2) is 67.7 Å². The molecule has 31 heavy (non-hydrogen) atoms. The molecular weight excluding hydrogens is 407 g/mol. The number of amides is 3. The summed E-state index contributed by atoms with van der Waals surface area (Å²) >= 11 is 0. The SMILES string of the molecule is COc1c(NC2CCC(=O)NC2=O)ccc(N2CCN(C(=O)OC(C)(C)C)CC2)c1F. The molecule has 9 nitrogen and oxygen atoms in total. The molecule has 2 saturated heterocycles. The Morgan fingerprint density at radius 2 is 1.87 bits per heavy atom. The number of halogens is 1. The number of imide groups is 1. The molecule has 2 fully saturated rings. The molecule has 3 amide bonds. The van der Waals surface area contributed by atoms with E-state index in [9.17, 15) is 14.4 Å². The number of carbonyl (C=O) groups excluding carboxylic acids is 3. The van der Waals surface area contributed by atoms with Gasteiger partial charge in [0.2, 0.25) is 11.8 Å². The average molecular weight is 436 g/mol. The molecule has 0 bridgehead atoms. The fourth-order valence-corrected chi connectivity index (χ4v) is 3.58. The molecule has 2 aliphatic heterocycles. The highest BCUT2D eigenvalue weighted by Crippen LogP contribution is 2.36. The van der Waals surface area contributed by atoms with E-state index in [0.717, 1.165) is 0 Å². The van der Waals surface area contributed by atoms with Gasteiger partial charge in [-0.25, -0.2) is 9.18 Å². The molecule has 1 atom stereocenters. The minimum Gasteiger partial charge on any atom is -0.492 e. The highest BCUT2D eigenvalue weighted by molar-refractivity contribution is 6.01. The second-order valence-electron chi connectivity index (χ2n) is 8.58. The van der Waals surface area contributed by atoms with Crippen LogP contribution in [0.4, 0.5) is 20.6 Å². The van der Waals surface area contributed by atoms with Crippen molar-refractivity contribution in [2.75, 3.05) is 43.5 Å². The molecule has 0 radical (unpaired) electrons. The maximum absolute atomic E-state index is 15.2. The highest BCUT2D eigenvalue weighted by Gasteiger charge is 2.30. The van der Waals surface area contributed by atoms with Crippen LogP contribution in [-0.2, 0) is 14.3 Å². The lowest BCUT2D eigenvalue weighted by molar-refractivity contribution is -0.133. The van der Waals surface area contributed by atoms with E-state index < -0.39 is 23.4 Å². The number of anilines is 2. The van der Waals surface area contributed by atoms with Gasteiger partial charge in [-0.3, -0.25) is 14.9 Å². The Bertz CT molecular complexity index is 862. The molecule has 0 aromatic heterocycles. The first kappa shape index (κ1) is 22.6. The second kappa shape index (κ2) is 8.99. The number of piperazine rings is 1. The van der Waals surface area contributed by atoms with Gasteiger partial charge >= 0.3 is 6.09 Å². The van der Waals surface area contributed by atoms with Crippen LogP contribution in [0.15, 0.2) is 12.1 Å². The van der Waals surface area contributed by atoms with Gasteiger partial charge in [-0.1, -0.05) is 0 Å². The molecule has 1 unspecified atom stereocenters. The monoisotopic (exact) mass is 436 g/mol. The fraction of sp³-hybridized carbons (Fsp3) is 0.571. The Labute approximate surface area is 180 Å². The number of rotatable bonds is 4. The highest BCUT2D eigenvalue weighted by atomic mass is 19.1. The van der Waals surface area contributed by atoms with Gasteiger partial charge in [-0.05, 0) is 39.3 Å². The van der Waals surface area contributed by atoms with Crippen molar-refractivity contribution in [3.05, 3.63) is 17.9 Å². The number of ether oxygens (including phenoxy) is 2. The summed E-state index contributed by atoms with van der Waals surface area (Å²) in [6.07, 6.45) is 0.159. The van der Waals surface area contributed by atoms with Crippen LogP contribution in [0.25, 0.3) is 0 Å². The standard InChI is InChI=1S/C21H29FN4O5/c1-21(2,3)31-20(29)26-11-9-25(10-12-26)15-7-5-13(18(30-4)17(15)22)23-14-6-8-16(27)24-19(14)28/h5,7,14,23H,6,8-12H2,1-4H3,(H,24,27,28). The number of carbonyl (C=O) groups is 3. The Hall–Kier alpha value is -3.04. The number of hydrogen-bond acceptors (Lipinski definition) is 7. The summed E-state index contributed by atoms with van der Waals surface area (Å²) in [4.78, 5) is 39.0. The third-order valence-corrected chi connectivity index (χ3v) is 5.12. The normalized spacial score (nSPS) is 19.7. The van der Waals surface area contributed by atoms with Gasteiger partial charge in [0.15, 0.2) is 11.6 Å². The van der Waals surface area contributed by atoms with Gasteiger partial charge in [-0.2, -0.15) is 0 Å². The molecule has 2 N–H and O–H groups in total. The van der Waals surface area contributed by atoms with Crippen molar-refractivity contribution < 1.29 is 28.2 Å². The van der Waals surface area contributed by atoms with Crippen molar-refractivity contribution in [1.29, 1.82) is 0 Å². The quantitative estimate of drug-likeness (QED) is 0.698. The van der Waals surface area contributed by atoms with Gasteiger partial charge in [0, 0.05) is 32.6 Å². The summed E-state index contributed by atoms with van der Waals surface area (Å²) in [5.74, 6) is -1.31. The predicted molar refractivity (Wildman–Crippen MR) is 113 cm³/mol. The number of nitrogens with zero attached hydrogens (tertiary/aromatic N) is 2. The number of hydrogen-bond donors (Lipinski definition) is 2. The zero-order chi connectivity index (χ0) is 22.8. The van der Waals surface area contributed by atoms with E-state index in [1.165, 1.54) is 7.11 Å². The molecule has 10 heteroatoms. The molecule has 0 spiro atoms. The second-order valence-corrected chi connectivity index (χ2v) is 8.58. The number of methoxy groups -OCH3 is 1. The lowest BCUT2D eigenvalue weighted by Gasteiger charge is -2.37. The first-order valence-corrected chi connectivity index (χ1v) is 10.3. The van der Waals surface area contributed by atoms with Crippen molar-refractivity contribution in [2.45, 2.75) is 45.3 Å². The van der Waals surface area contributed by atoms with Gasteiger partial charge in [-0.15, -0.1) is 0 Å². The third kappa shape index (κ3) is 5.36. The zero-order valence-electron chi connectivity index (χ0n) is 18.3. The first-order valence-electron chi connectivity index (χ1n) is 10.3. The van der Waals surface area contributed by atoms with Crippen LogP contribution in [0.3, 0.4) is 0 Å². The van der Waals surface area contributed by atoms with Crippen LogP contribution in [0, 0.1) is 5.82 Å². The minimum atomic E-state index is -0.644. The van der Waals surface area contributed by atoms with Crippen molar-refractivity contribution >= 4 is 29.3 Å². The lowest BCUT2D eigenvalue weighted by Crippen LogP contribution is -2.50. The number of benzene rings is 1. The first-order chi connectivity index (χ1) is 14.6. The maximum Gasteiger partial charge on any atom is 0.410 e. The van der Waals surface area contributed by atoms with E-state index in [-0.39, 0.29) is 24.2 Å². The third-order valence-electron chi connectivity index (χ3n) is 5.12. The van der Waals surface area contributed by atoms with Gasteiger partial charge in [0.05, 0.1) is 18.5 Å². The summed E-state index contributed by atoms with van der Waals surface area (Å²) < 4.78 is 25.9. The van der Waals surface area contributed by atoms with E-state index in [4.69, 9.17) is 9.47 Å². The van der Waals surface area contributed by atoms with Gasteiger partial charge < -0.3 is 24.6 Å². The Kier molecular flexibility index (Phi) is 6.56. The number of nitrogens with one attached hydrogen (secondary N) is 2. The molecule has 1 aromatic carbocycles. The molecule has 0 saturated carbocycles. The molecule has 1 aromatic rings. The lowest BCUT2D eigenvalue weighted by atomic mass is 10.1. The van der Waals surface area contributed by atoms with E-state index >= 15 is 4.39 Å². The Morgan fingerprint density at radius 3 is 2.45 bits per heavy atom. The van der Waals surface area contributed by atoms with Crippen LogP contribution < -0.4 is 20.3 Å². The van der Waals surface area contributed by atoms with Crippen LogP contribution in [0.2, 0.25) is 0 Å². The Morgan fingerprint density at radius 1 is 1.19 bits per heavy atom. The number of piperidine rings is 1. The molecule has 170 valence electrons. The van der Waals surface area contributed by atoms with Gasteiger partial charge in [0.1, 0.15) is 11.6 Å². The summed E-state index contributed by atoms with van der Waals surface area (Å²) in [5.41, 5.74) is 0.124. The topological polar surface area (TPSA) is 100 Å². The molecule has 3 rings (SSSR count). The molecular formula is C21H29FN4O5. The van der Waals surface area contributed by atoms with E-state index in [2.05, 4.69) is 10.6 Å². The summed E-state index contributed by atoms with van der Waals surface area (Å²) in [7, 11) is 1.36. The zero-order valence-corrected chi connectivity index (χ0v) is 18.3. The van der Waals surface area contributed by atoms with Crippen LogP contribution >= 0.6 is 0 Å². The summed E-state index contributed by atoms with van der Waals surface area (Å²) in [6, 6.07) is 2.63. The Balaban J connectivity index is 1.69. The maximum atomic E-state index is 15.2. The largest absolute Gasteiger partial charge is 0.492 e. The smallest absolute Gasteiger partial charge is 0.410 e. The van der Waals surface area contributed by atoms with E-state index in [0.29, 0.717) is 44.0 Å². The van der Waals surface area contributed by atoms with Crippen molar-refractivity contribution in [3.8, 4) is 5.75 Å². The van der Waals surface area contributed by atoms with Gasteiger partial charge in [0.25, 0.3) is 0 Å². The van der Waals surface area contributed by atoms with Crippen molar-refractivity contribution in [1.82, 2.24) is 10.2 Å². The summed E-state index contributed by atoms with van der Waals surface area (Å²) in [6.45, 7) is 7.14. The fourth-order valence-electron chi connectivity index (χ4n) is 3.58. The molecule has 0 aliphatic carbocycles. The molecule has 2 heterocycles. The van der Waals surface area contributed by atoms with Crippen LogP contribution in [0.1, 0.15) is 33.6 Å². The molecule has 2 aliphatic rings. The van der Waals surface area contributed by atoms with E-state index in [1.807, 2.05) is 25.7 Å².